The number of aromatic nitrogens is 2. The average molecular weight is 422 g/mol. The van der Waals surface area contributed by atoms with Crippen LogP contribution in [0.1, 0.15) is 17.3 Å². The highest BCUT2D eigenvalue weighted by molar-refractivity contribution is 6.36. The van der Waals surface area contributed by atoms with Crippen LogP contribution in [0.25, 0.3) is 0 Å². The summed E-state index contributed by atoms with van der Waals surface area (Å²) in [5.41, 5.74) is 2.75. The van der Waals surface area contributed by atoms with Crippen molar-refractivity contribution in [3.63, 3.8) is 0 Å². The molecule has 0 spiro atoms. The van der Waals surface area contributed by atoms with Gasteiger partial charge in [-0.25, -0.2) is 14.1 Å². The lowest BCUT2D eigenvalue weighted by Gasteiger charge is -2.11. The number of nitrogens with zero attached hydrogens (tertiary/aromatic N) is 3. The fraction of sp³-hybridized carbons (Fsp3) is 0.105. The van der Waals surface area contributed by atoms with Crippen LogP contribution in [-0.4, -0.2) is 16.2 Å². The molecule has 0 fully saturated rings. The zero-order valence-electron chi connectivity index (χ0n) is 14.2. The lowest BCUT2D eigenvalue weighted by Crippen LogP contribution is -3.00. The first-order valence-corrected chi connectivity index (χ1v) is 8.75. The Labute approximate surface area is 172 Å². The predicted octanol–water partition coefficient (Wildman–Crippen LogP) is 0.612. The highest BCUT2D eigenvalue weighted by Crippen LogP contribution is 2.31. The minimum atomic E-state index is -0.756. The van der Waals surface area contributed by atoms with E-state index in [1.165, 1.54) is 0 Å². The number of carbonyl (C=O) groups excluding carboxylic acids is 1. The van der Waals surface area contributed by atoms with Gasteiger partial charge in [0.15, 0.2) is 0 Å². The summed E-state index contributed by atoms with van der Waals surface area (Å²) in [7, 11) is 1.89. The molecule has 0 aliphatic carbocycles. The number of halogens is 3. The summed E-state index contributed by atoms with van der Waals surface area (Å²) in [6.07, 6.45) is 4.71. The number of rotatable bonds is 2. The highest BCUT2D eigenvalue weighted by atomic mass is 35.5. The summed E-state index contributed by atoms with van der Waals surface area (Å²) >= 11 is 12.6. The van der Waals surface area contributed by atoms with E-state index in [1.54, 1.807) is 41.4 Å². The normalized spacial score (nSPS) is 15.9. The molecule has 1 unspecified atom stereocenters. The number of benzodiazepines with no additional fused rings is 1. The van der Waals surface area contributed by atoms with Crippen LogP contribution in [0.4, 0.5) is 5.69 Å². The third kappa shape index (κ3) is 3.72. The van der Waals surface area contributed by atoms with E-state index in [2.05, 4.69) is 5.32 Å². The molecule has 2 aromatic carbocycles. The van der Waals surface area contributed by atoms with Gasteiger partial charge in [-0.3, -0.25) is 4.79 Å². The standard InChI is InChI=1S/C19H14Cl2N4O.ClH/c1-24-8-9-25(11-24)18-19(26)22-16-7-6-12(20)10-14(16)17(23-18)13-4-2-3-5-15(13)21;/h2-11,18H,1H3;1H. The summed E-state index contributed by atoms with van der Waals surface area (Å²) in [5.74, 6) is -0.230. The van der Waals surface area contributed by atoms with Gasteiger partial charge in [-0.2, -0.15) is 0 Å². The molecule has 5 nitrogen and oxygen atoms in total. The van der Waals surface area contributed by atoms with Crippen molar-refractivity contribution in [1.29, 1.82) is 0 Å². The number of amides is 1. The predicted molar refractivity (Wildman–Crippen MR) is 102 cm³/mol. The number of hydrogen-bond donors (Lipinski definition) is 1. The Bertz CT molecular complexity index is 1040. The van der Waals surface area contributed by atoms with E-state index in [4.69, 9.17) is 28.2 Å². The number of aryl methyl sites for hydroxylation is 1. The van der Waals surface area contributed by atoms with Gasteiger partial charge in [0.25, 0.3) is 12.1 Å². The molecule has 1 atom stereocenters. The first-order chi connectivity index (χ1) is 12.5. The van der Waals surface area contributed by atoms with Crippen molar-refractivity contribution in [2.45, 2.75) is 6.17 Å². The Hall–Kier alpha value is -2.34. The van der Waals surface area contributed by atoms with Crippen LogP contribution in [0, 0.1) is 0 Å². The molecule has 1 amide bonds. The maximum absolute atomic E-state index is 12.8. The molecule has 0 saturated carbocycles. The molecule has 0 radical (unpaired) electrons. The Morgan fingerprint density at radius 3 is 2.63 bits per heavy atom. The summed E-state index contributed by atoms with van der Waals surface area (Å²) in [6.45, 7) is 0. The number of hydrogen-bond acceptors (Lipinski definition) is 2. The summed E-state index contributed by atoms with van der Waals surface area (Å²) in [6, 6.07) is 12.7. The van der Waals surface area contributed by atoms with Crippen molar-refractivity contribution in [1.82, 2.24) is 4.57 Å². The number of nitrogens with one attached hydrogen (secondary N) is 1. The third-order valence-electron chi connectivity index (χ3n) is 4.18. The number of imidazole rings is 1. The van der Waals surface area contributed by atoms with E-state index < -0.39 is 6.17 Å². The molecule has 27 heavy (non-hydrogen) atoms. The van der Waals surface area contributed by atoms with E-state index >= 15 is 0 Å². The molecule has 0 saturated heterocycles. The SMILES string of the molecule is C[n+]1ccn(C2N=C(c3ccccc3Cl)c3cc(Cl)ccc3NC2=O)c1.[Cl-]. The van der Waals surface area contributed by atoms with E-state index in [0.29, 0.717) is 21.4 Å². The number of fused-ring (bicyclic) bond motifs is 1. The Morgan fingerprint density at radius 2 is 1.93 bits per heavy atom. The van der Waals surface area contributed by atoms with E-state index in [1.807, 2.05) is 36.0 Å². The summed E-state index contributed by atoms with van der Waals surface area (Å²) in [4.78, 5) is 17.6. The number of anilines is 1. The van der Waals surface area contributed by atoms with Crippen molar-refractivity contribution in [3.8, 4) is 0 Å². The molecular formula is C19H15Cl3N4O. The zero-order chi connectivity index (χ0) is 18.3. The summed E-state index contributed by atoms with van der Waals surface area (Å²) in [5, 5.41) is 4.06. The maximum atomic E-state index is 12.8. The van der Waals surface area contributed by atoms with Crippen molar-refractivity contribution >= 4 is 40.5 Å². The lowest BCUT2D eigenvalue weighted by molar-refractivity contribution is -0.671. The van der Waals surface area contributed by atoms with E-state index in [9.17, 15) is 4.79 Å². The van der Waals surface area contributed by atoms with Crippen LogP contribution in [0.2, 0.25) is 10.0 Å². The van der Waals surface area contributed by atoms with Crippen LogP contribution in [0.3, 0.4) is 0 Å². The van der Waals surface area contributed by atoms with Crippen LogP contribution in [0.15, 0.2) is 66.2 Å². The van der Waals surface area contributed by atoms with Gasteiger partial charge >= 0.3 is 0 Å². The van der Waals surface area contributed by atoms with Crippen molar-refractivity contribution in [2.24, 2.45) is 12.0 Å². The largest absolute Gasteiger partial charge is 1.00 e. The van der Waals surface area contributed by atoms with Gasteiger partial charge in [-0.1, -0.05) is 41.4 Å². The first-order valence-electron chi connectivity index (χ1n) is 7.99. The fourth-order valence-electron chi connectivity index (χ4n) is 2.95. The number of carbonyl (C=O) groups is 1. The van der Waals surface area contributed by atoms with Crippen LogP contribution in [-0.2, 0) is 11.8 Å². The Balaban J connectivity index is 0.00000210. The molecule has 1 aromatic heterocycles. The molecule has 2 heterocycles. The first kappa shape index (κ1) is 19.4. The maximum Gasteiger partial charge on any atom is 0.293 e. The van der Waals surface area contributed by atoms with Crippen molar-refractivity contribution < 1.29 is 21.8 Å². The molecule has 138 valence electrons. The minimum absolute atomic E-state index is 0. The van der Waals surface area contributed by atoms with E-state index in [0.717, 1.165) is 11.1 Å². The quantitative estimate of drug-likeness (QED) is 0.606. The fourth-order valence-corrected chi connectivity index (χ4v) is 3.35. The Morgan fingerprint density at radius 1 is 1.15 bits per heavy atom. The van der Waals surface area contributed by atoms with Gasteiger partial charge in [0, 0.05) is 21.2 Å². The molecule has 1 N–H and O–H groups in total. The third-order valence-corrected chi connectivity index (χ3v) is 4.75. The second-order valence-electron chi connectivity index (χ2n) is 6.04. The van der Waals surface area contributed by atoms with Crippen molar-refractivity contribution in [2.75, 3.05) is 5.32 Å². The Kier molecular flexibility index (Phi) is 5.56. The topological polar surface area (TPSA) is 50.3 Å². The minimum Gasteiger partial charge on any atom is -1.00 e. The zero-order valence-corrected chi connectivity index (χ0v) is 16.5. The smallest absolute Gasteiger partial charge is 0.293 e. The van der Waals surface area contributed by atoms with Gasteiger partial charge in [0.1, 0.15) is 12.4 Å². The van der Waals surface area contributed by atoms with Crippen LogP contribution < -0.4 is 22.3 Å². The highest BCUT2D eigenvalue weighted by Gasteiger charge is 2.31. The van der Waals surface area contributed by atoms with Gasteiger partial charge < -0.3 is 17.7 Å². The lowest BCUT2D eigenvalue weighted by atomic mass is 10.0. The molecule has 8 heteroatoms. The number of benzene rings is 2. The second-order valence-corrected chi connectivity index (χ2v) is 6.88. The molecule has 4 rings (SSSR count). The van der Waals surface area contributed by atoms with Gasteiger partial charge in [-0.05, 0) is 24.3 Å². The van der Waals surface area contributed by atoms with Crippen LogP contribution in [0.5, 0.6) is 0 Å². The molecule has 0 bridgehead atoms. The second kappa shape index (κ2) is 7.72. The monoisotopic (exact) mass is 420 g/mol. The average Bonchev–Trinajstić information content (AvgIpc) is 2.98. The molecular weight excluding hydrogens is 407 g/mol. The van der Waals surface area contributed by atoms with Crippen LogP contribution >= 0.6 is 23.2 Å². The summed E-state index contributed by atoms with van der Waals surface area (Å²) < 4.78 is 3.60. The van der Waals surface area contributed by atoms with E-state index in [-0.39, 0.29) is 18.3 Å². The van der Waals surface area contributed by atoms with Gasteiger partial charge in [-0.15, -0.1) is 0 Å². The molecule has 3 aromatic rings. The number of aliphatic imine (C=N–C) groups is 1. The van der Waals surface area contributed by atoms with Gasteiger partial charge in [0.2, 0.25) is 6.33 Å². The van der Waals surface area contributed by atoms with Crippen molar-refractivity contribution in [3.05, 3.63) is 82.4 Å². The molecule has 1 aliphatic heterocycles. The molecule has 1 aliphatic rings. The van der Waals surface area contributed by atoms with Gasteiger partial charge in [0.05, 0.1) is 18.4 Å².